The van der Waals surface area contributed by atoms with E-state index in [1.807, 2.05) is 19.9 Å². The highest BCUT2D eigenvalue weighted by atomic mass is 16.5. The maximum Gasteiger partial charge on any atom is 0.227 e. The number of fused-ring (bicyclic) bond motifs is 1. The van der Waals surface area contributed by atoms with Crippen LogP contribution in [-0.4, -0.2) is 19.1 Å². The Morgan fingerprint density at radius 3 is 3.00 bits per heavy atom. The molecule has 4 nitrogen and oxygen atoms in total. The topological polar surface area (TPSA) is 55.6 Å². The summed E-state index contributed by atoms with van der Waals surface area (Å²) in [5.41, 5.74) is 7.20. The Balaban J connectivity index is 2.27. The minimum absolute atomic E-state index is 0.134. The predicted octanol–water partition coefficient (Wildman–Crippen LogP) is 2.04. The van der Waals surface area contributed by atoms with Crippen molar-refractivity contribution in [1.82, 2.24) is 0 Å². The maximum absolute atomic E-state index is 12.1. The third kappa shape index (κ3) is 2.52. The van der Waals surface area contributed by atoms with Gasteiger partial charge in [-0.3, -0.25) is 4.79 Å². The van der Waals surface area contributed by atoms with E-state index < -0.39 is 0 Å². The van der Waals surface area contributed by atoms with Crippen molar-refractivity contribution < 1.29 is 9.53 Å². The molecule has 1 heterocycles. The second-order valence-electron chi connectivity index (χ2n) is 4.72. The Morgan fingerprint density at radius 2 is 2.29 bits per heavy atom. The summed E-state index contributed by atoms with van der Waals surface area (Å²) in [7, 11) is 0. The van der Waals surface area contributed by atoms with E-state index >= 15 is 0 Å². The molecule has 0 bridgehead atoms. The number of hydrogen-bond donors (Lipinski definition) is 1. The van der Waals surface area contributed by atoms with Crippen LogP contribution >= 0.6 is 0 Å². The molecule has 0 saturated heterocycles. The van der Waals surface area contributed by atoms with Crippen LogP contribution in [-0.2, 0) is 4.79 Å². The van der Waals surface area contributed by atoms with Crippen LogP contribution in [0.2, 0.25) is 0 Å². The van der Waals surface area contributed by atoms with Gasteiger partial charge in [-0.05, 0) is 24.1 Å². The summed E-state index contributed by atoms with van der Waals surface area (Å²) in [4.78, 5) is 13.9. The summed E-state index contributed by atoms with van der Waals surface area (Å²) in [6.45, 7) is 5.22. The lowest BCUT2D eigenvalue weighted by Crippen LogP contribution is -2.38. The molecular weight excluding hydrogens is 216 g/mol. The predicted molar refractivity (Wildman–Crippen MR) is 68.2 cm³/mol. The number of ether oxygens (including phenoxy) is 1. The van der Waals surface area contributed by atoms with Crippen molar-refractivity contribution in [3.05, 3.63) is 18.2 Å². The normalized spacial score (nSPS) is 14.4. The molecular formula is C13H18N2O2. The minimum Gasteiger partial charge on any atom is -0.490 e. The molecule has 0 radical (unpaired) electrons. The lowest BCUT2D eigenvalue weighted by atomic mass is 10.1. The highest BCUT2D eigenvalue weighted by Crippen LogP contribution is 2.33. The second kappa shape index (κ2) is 4.65. The lowest BCUT2D eigenvalue weighted by molar-refractivity contribution is -0.119. The van der Waals surface area contributed by atoms with Crippen LogP contribution in [0.25, 0.3) is 0 Å². The SMILES string of the molecule is CC(C)CC(=O)N1CCOc2ccc(N)cc21. The van der Waals surface area contributed by atoms with Gasteiger partial charge < -0.3 is 15.4 Å². The molecule has 0 spiro atoms. The van der Waals surface area contributed by atoms with Crippen molar-refractivity contribution in [3.8, 4) is 5.75 Å². The molecule has 1 aromatic carbocycles. The quantitative estimate of drug-likeness (QED) is 0.797. The molecule has 0 unspecified atom stereocenters. The van der Waals surface area contributed by atoms with Gasteiger partial charge in [0, 0.05) is 12.1 Å². The summed E-state index contributed by atoms with van der Waals surface area (Å²) in [5.74, 6) is 1.23. The van der Waals surface area contributed by atoms with Crippen LogP contribution in [0.1, 0.15) is 20.3 Å². The molecule has 92 valence electrons. The fourth-order valence-corrected chi connectivity index (χ4v) is 1.95. The number of anilines is 2. The van der Waals surface area contributed by atoms with Crippen molar-refractivity contribution in [2.45, 2.75) is 20.3 Å². The van der Waals surface area contributed by atoms with Gasteiger partial charge in [-0.1, -0.05) is 13.8 Å². The molecule has 1 aromatic rings. The first-order chi connectivity index (χ1) is 8.08. The fraction of sp³-hybridized carbons (Fsp3) is 0.462. The molecule has 0 aliphatic carbocycles. The van der Waals surface area contributed by atoms with Crippen LogP contribution in [0.4, 0.5) is 11.4 Å². The average Bonchev–Trinajstić information content (AvgIpc) is 2.27. The van der Waals surface area contributed by atoms with Crippen molar-refractivity contribution in [2.24, 2.45) is 5.92 Å². The minimum atomic E-state index is 0.134. The molecule has 17 heavy (non-hydrogen) atoms. The van der Waals surface area contributed by atoms with E-state index in [-0.39, 0.29) is 5.91 Å². The summed E-state index contributed by atoms with van der Waals surface area (Å²) < 4.78 is 5.51. The van der Waals surface area contributed by atoms with Crippen molar-refractivity contribution >= 4 is 17.3 Å². The molecule has 1 aliphatic rings. The Hall–Kier alpha value is -1.71. The summed E-state index contributed by atoms with van der Waals surface area (Å²) in [6, 6.07) is 5.40. The Labute approximate surface area is 101 Å². The van der Waals surface area contributed by atoms with Crippen molar-refractivity contribution in [1.29, 1.82) is 0 Å². The number of hydrogen-bond acceptors (Lipinski definition) is 3. The van der Waals surface area contributed by atoms with Gasteiger partial charge in [-0.2, -0.15) is 0 Å². The van der Waals surface area contributed by atoms with Gasteiger partial charge in [0.25, 0.3) is 0 Å². The zero-order chi connectivity index (χ0) is 12.4. The highest BCUT2D eigenvalue weighted by Gasteiger charge is 2.24. The smallest absolute Gasteiger partial charge is 0.227 e. The number of rotatable bonds is 2. The first-order valence-electron chi connectivity index (χ1n) is 5.90. The van der Waals surface area contributed by atoms with E-state index in [2.05, 4.69) is 0 Å². The first-order valence-corrected chi connectivity index (χ1v) is 5.90. The number of nitrogens with zero attached hydrogens (tertiary/aromatic N) is 1. The van der Waals surface area contributed by atoms with Gasteiger partial charge in [0.1, 0.15) is 12.4 Å². The summed E-state index contributed by atoms with van der Waals surface area (Å²) in [6.07, 6.45) is 0.550. The zero-order valence-electron chi connectivity index (χ0n) is 10.3. The lowest BCUT2D eigenvalue weighted by Gasteiger charge is -2.30. The van der Waals surface area contributed by atoms with Gasteiger partial charge in [-0.25, -0.2) is 0 Å². The molecule has 0 fully saturated rings. The summed E-state index contributed by atoms with van der Waals surface area (Å²) >= 11 is 0. The van der Waals surface area contributed by atoms with E-state index in [9.17, 15) is 4.79 Å². The Morgan fingerprint density at radius 1 is 1.53 bits per heavy atom. The van der Waals surface area contributed by atoms with E-state index in [1.165, 1.54) is 0 Å². The standard InChI is InChI=1S/C13H18N2O2/c1-9(2)7-13(16)15-5-6-17-12-4-3-10(14)8-11(12)15/h3-4,8-9H,5-7,14H2,1-2H3. The Bertz CT molecular complexity index is 429. The molecule has 1 amide bonds. The molecule has 4 heteroatoms. The van der Waals surface area contributed by atoms with E-state index in [1.54, 1.807) is 17.0 Å². The number of nitrogens with two attached hydrogens (primary N) is 1. The molecule has 2 rings (SSSR count). The fourth-order valence-electron chi connectivity index (χ4n) is 1.95. The van der Waals surface area contributed by atoms with E-state index in [0.29, 0.717) is 31.2 Å². The monoisotopic (exact) mass is 234 g/mol. The highest BCUT2D eigenvalue weighted by molar-refractivity contribution is 5.96. The van der Waals surface area contributed by atoms with Crippen LogP contribution in [0, 0.1) is 5.92 Å². The number of carbonyl (C=O) groups excluding carboxylic acids is 1. The van der Waals surface area contributed by atoms with Crippen molar-refractivity contribution in [2.75, 3.05) is 23.8 Å². The molecule has 1 aliphatic heterocycles. The van der Waals surface area contributed by atoms with E-state index in [4.69, 9.17) is 10.5 Å². The van der Waals surface area contributed by atoms with Crippen LogP contribution in [0.15, 0.2) is 18.2 Å². The molecule has 0 saturated carbocycles. The van der Waals surface area contributed by atoms with E-state index in [0.717, 1.165) is 11.4 Å². The van der Waals surface area contributed by atoms with Gasteiger partial charge in [0.2, 0.25) is 5.91 Å². The number of benzene rings is 1. The zero-order valence-corrected chi connectivity index (χ0v) is 10.3. The third-order valence-electron chi connectivity index (χ3n) is 2.73. The van der Waals surface area contributed by atoms with Gasteiger partial charge in [-0.15, -0.1) is 0 Å². The molecule has 0 aromatic heterocycles. The van der Waals surface area contributed by atoms with Crippen molar-refractivity contribution in [3.63, 3.8) is 0 Å². The second-order valence-corrected chi connectivity index (χ2v) is 4.72. The molecule has 2 N–H and O–H groups in total. The van der Waals surface area contributed by atoms with Crippen LogP contribution in [0.3, 0.4) is 0 Å². The summed E-state index contributed by atoms with van der Waals surface area (Å²) in [5, 5.41) is 0. The maximum atomic E-state index is 12.1. The molecule has 0 atom stereocenters. The third-order valence-corrected chi connectivity index (χ3v) is 2.73. The van der Waals surface area contributed by atoms with Gasteiger partial charge in [0.05, 0.1) is 12.2 Å². The van der Waals surface area contributed by atoms with Crippen LogP contribution in [0.5, 0.6) is 5.75 Å². The number of nitrogen functional groups attached to an aromatic ring is 1. The van der Waals surface area contributed by atoms with Gasteiger partial charge in [0.15, 0.2) is 0 Å². The average molecular weight is 234 g/mol. The van der Waals surface area contributed by atoms with Crippen LogP contribution < -0.4 is 15.4 Å². The Kier molecular flexibility index (Phi) is 3.22. The first kappa shape index (κ1) is 11.8. The van der Waals surface area contributed by atoms with Gasteiger partial charge >= 0.3 is 0 Å². The number of carbonyl (C=O) groups is 1. The number of amides is 1. The largest absolute Gasteiger partial charge is 0.490 e.